The summed E-state index contributed by atoms with van der Waals surface area (Å²) >= 11 is 0. The molecule has 122 valence electrons. The van der Waals surface area contributed by atoms with Crippen molar-refractivity contribution in [3.05, 3.63) is 29.3 Å². The van der Waals surface area contributed by atoms with Gasteiger partial charge in [0.1, 0.15) is 5.75 Å². The van der Waals surface area contributed by atoms with Crippen LogP contribution in [0.4, 0.5) is 0 Å². The first-order chi connectivity index (χ1) is 10.0. The van der Waals surface area contributed by atoms with Gasteiger partial charge in [-0.25, -0.2) is 0 Å². The molecular formula is C17H25ClN2O2. The summed E-state index contributed by atoms with van der Waals surface area (Å²) in [5.41, 5.74) is 8.52. The summed E-state index contributed by atoms with van der Waals surface area (Å²) in [4.78, 5) is 14.2. The van der Waals surface area contributed by atoms with E-state index in [4.69, 9.17) is 10.5 Å². The molecule has 3 rings (SSSR count). The Morgan fingerprint density at radius 1 is 1.27 bits per heavy atom. The monoisotopic (exact) mass is 324 g/mol. The number of benzene rings is 1. The van der Waals surface area contributed by atoms with Gasteiger partial charge in [-0.05, 0) is 61.8 Å². The molecule has 1 saturated heterocycles. The van der Waals surface area contributed by atoms with E-state index in [1.807, 2.05) is 30.0 Å². The van der Waals surface area contributed by atoms with Crippen molar-refractivity contribution in [1.29, 1.82) is 0 Å². The van der Waals surface area contributed by atoms with Crippen molar-refractivity contribution in [1.82, 2.24) is 4.90 Å². The molecule has 1 aromatic rings. The summed E-state index contributed by atoms with van der Waals surface area (Å²) in [7, 11) is 0. The molecule has 22 heavy (non-hydrogen) atoms. The predicted octanol–water partition coefficient (Wildman–Crippen LogP) is 2.30. The Morgan fingerprint density at radius 3 is 2.73 bits per heavy atom. The topological polar surface area (TPSA) is 55.6 Å². The summed E-state index contributed by atoms with van der Waals surface area (Å²) < 4.78 is 5.64. The SMILES string of the molecule is Cc1ccc(OCC(=O)N2CC3CCC(N)C3C2)cc1C.Cl. The van der Waals surface area contributed by atoms with Crippen molar-refractivity contribution in [3.8, 4) is 5.75 Å². The normalized spacial score (nSPS) is 26.5. The van der Waals surface area contributed by atoms with Gasteiger partial charge >= 0.3 is 0 Å². The maximum atomic E-state index is 12.3. The number of nitrogens with zero attached hydrogens (tertiary/aromatic N) is 1. The highest BCUT2D eigenvalue weighted by molar-refractivity contribution is 5.85. The number of likely N-dealkylation sites (tertiary alicyclic amines) is 1. The van der Waals surface area contributed by atoms with Gasteiger partial charge in [-0.3, -0.25) is 4.79 Å². The zero-order chi connectivity index (χ0) is 15.0. The minimum Gasteiger partial charge on any atom is -0.484 e. The average molecular weight is 325 g/mol. The van der Waals surface area contributed by atoms with E-state index in [-0.39, 0.29) is 31.0 Å². The van der Waals surface area contributed by atoms with E-state index >= 15 is 0 Å². The van der Waals surface area contributed by atoms with E-state index in [2.05, 4.69) is 6.92 Å². The van der Waals surface area contributed by atoms with Gasteiger partial charge in [0.2, 0.25) is 0 Å². The summed E-state index contributed by atoms with van der Waals surface area (Å²) in [6, 6.07) is 6.20. The second-order valence-corrected chi connectivity index (χ2v) is 6.50. The number of rotatable bonds is 3. The van der Waals surface area contributed by atoms with Crippen LogP contribution in [0, 0.1) is 25.7 Å². The molecule has 2 fully saturated rings. The molecule has 1 aliphatic carbocycles. The average Bonchev–Trinajstić information content (AvgIpc) is 3.02. The number of ether oxygens (including phenoxy) is 1. The lowest BCUT2D eigenvalue weighted by atomic mass is 9.98. The van der Waals surface area contributed by atoms with Crippen LogP contribution in [0.5, 0.6) is 5.75 Å². The van der Waals surface area contributed by atoms with Crippen LogP contribution in [-0.2, 0) is 4.79 Å². The molecule has 2 N–H and O–H groups in total. The van der Waals surface area contributed by atoms with E-state index in [0.717, 1.165) is 31.7 Å². The first kappa shape index (κ1) is 17.1. The summed E-state index contributed by atoms with van der Waals surface area (Å²) in [5, 5.41) is 0. The van der Waals surface area contributed by atoms with Crippen LogP contribution in [0.3, 0.4) is 0 Å². The highest BCUT2D eigenvalue weighted by Gasteiger charge is 2.42. The van der Waals surface area contributed by atoms with Crippen LogP contribution in [0.15, 0.2) is 18.2 Å². The van der Waals surface area contributed by atoms with Crippen LogP contribution in [0.2, 0.25) is 0 Å². The third kappa shape index (κ3) is 3.39. The fraction of sp³-hybridized carbons (Fsp3) is 0.588. The van der Waals surface area contributed by atoms with Crippen molar-refractivity contribution >= 4 is 18.3 Å². The van der Waals surface area contributed by atoms with Crippen molar-refractivity contribution in [3.63, 3.8) is 0 Å². The Kier molecular flexibility index (Phi) is 5.35. The van der Waals surface area contributed by atoms with Gasteiger partial charge < -0.3 is 15.4 Å². The number of hydrogen-bond donors (Lipinski definition) is 1. The smallest absolute Gasteiger partial charge is 0.260 e. The summed E-state index contributed by atoms with van der Waals surface area (Å²) in [5.74, 6) is 1.94. The Bertz CT molecular complexity index is 549. The molecule has 0 aromatic heterocycles. The lowest BCUT2D eigenvalue weighted by molar-refractivity contribution is -0.132. The van der Waals surface area contributed by atoms with Crippen molar-refractivity contribution in [2.75, 3.05) is 19.7 Å². The van der Waals surface area contributed by atoms with Gasteiger partial charge in [0.25, 0.3) is 5.91 Å². The van der Waals surface area contributed by atoms with Gasteiger partial charge in [-0.1, -0.05) is 6.07 Å². The number of aryl methyl sites for hydroxylation is 2. The van der Waals surface area contributed by atoms with Crippen LogP contribution in [0.25, 0.3) is 0 Å². The largest absolute Gasteiger partial charge is 0.484 e. The number of nitrogens with two attached hydrogens (primary N) is 1. The van der Waals surface area contributed by atoms with E-state index in [0.29, 0.717) is 11.8 Å². The van der Waals surface area contributed by atoms with Crippen LogP contribution in [-0.4, -0.2) is 36.5 Å². The number of carbonyl (C=O) groups excluding carboxylic acids is 1. The van der Waals surface area contributed by atoms with Crippen LogP contribution >= 0.6 is 12.4 Å². The fourth-order valence-electron chi connectivity index (χ4n) is 3.55. The standard InChI is InChI=1S/C17H24N2O2.ClH/c1-11-3-5-14(7-12(11)2)21-10-17(20)19-8-13-4-6-16(18)15(13)9-19;/h3,5,7,13,15-16H,4,6,8-10,18H2,1-2H3;1H. The fourth-order valence-corrected chi connectivity index (χ4v) is 3.55. The lowest BCUT2D eigenvalue weighted by Gasteiger charge is -2.19. The summed E-state index contributed by atoms with van der Waals surface area (Å²) in [6.45, 7) is 5.90. The van der Waals surface area contributed by atoms with E-state index in [1.165, 1.54) is 11.1 Å². The molecule has 1 aliphatic heterocycles. The van der Waals surface area contributed by atoms with Crippen LogP contribution in [0.1, 0.15) is 24.0 Å². The third-order valence-electron chi connectivity index (χ3n) is 5.11. The molecule has 1 heterocycles. The molecule has 3 unspecified atom stereocenters. The summed E-state index contributed by atoms with van der Waals surface area (Å²) in [6.07, 6.45) is 2.27. The molecule has 4 nitrogen and oxygen atoms in total. The number of halogens is 1. The molecule has 2 aliphatic rings. The second kappa shape index (κ2) is 6.88. The van der Waals surface area contributed by atoms with Gasteiger partial charge in [-0.15, -0.1) is 12.4 Å². The van der Waals surface area contributed by atoms with E-state index < -0.39 is 0 Å². The van der Waals surface area contributed by atoms with Gasteiger partial charge in [-0.2, -0.15) is 0 Å². The number of amides is 1. The molecule has 0 radical (unpaired) electrons. The quantitative estimate of drug-likeness (QED) is 0.928. The van der Waals surface area contributed by atoms with Crippen molar-refractivity contribution < 1.29 is 9.53 Å². The van der Waals surface area contributed by atoms with Crippen molar-refractivity contribution in [2.45, 2.75) is 32.7 Å². The van der Waals surface area contributed by atoms with E-state index in [9.17, 15) is 4.79 Å². The second-order valence-electron chi connectivity index (χ2n) is 6.50. The minimum absolute atomic E-state index is 0. The Hall–Kier alpha value is -1.26. The Balaban J connectivity index is 0.00000176. The van der Waals surface area contributed by atoms with Gasteiger partial charge in [0.15, 0.2) is 6.61 Å². The maximum Gasteiger partial charge on any atom is 0.260 e. The minimum atomic E-state index is 0. The highest BCUT2D eigenvalue weighted by atomic mass is 35.5. The van der Waals surface area contributed by atoms with E-state index in [1.54, 1.807) is 0 Å². The zero-order valence-electron chi connectivity index (χ0n) is 13.2. The first-order valence-electron chi connectivity index (χ1n) is 7.78. The van der Waals surface area contributed by atoms with Crippen molar-refractivity contribution in [2.24, 2.45) is 17.6 Å². The molecule has 1 saturated carbocycles. The predicted molar refractivity (Wildman–Crippen MR) is 89.4 cm³/mol. The maximum absolute atomic E-state index is 12.3. The first-order valence-corrected chi connectivity index (χ1v) is 7.78. The molecule has 5 heteroatoms. The Labute approximate surface area is 138 Å². The highest BCUT2D eigenvalue weighted by Crippen LogP contribution is 2.37. The zero-order valence-corrected chi connectivity index (χ0v) is 14.1. The number of hydrogen-bond acceptors (Lipinski definition) is 3. The number of carbonyl (C=O) groups is 1. The van der Waals surface area contributed by atoms with Crippen LogP contribution < -0.4 is 10.5 Å². The van der Waals surface area contributed by atoms with Gasteiger partial charge in [0, 0.05) is 19.1 Å². The lowest BCUT2D eigenvalue weighted by Crippen LogP contribution is -2.36. The molecule has 1 amide bonds. The Morgan fingerprint density at radius 2 is 2.05 bits per heavy atom. The molecule has 0 bridgehead atoms. The molecule has 3 atom stereocenters. The molecule has 0 spiro atoms. The molecular weight excluding hydrogens is 300 g/mol. The molecule has 1 aromatic carbocycles. The third-order valence-corrected chi connectivity index (χ3v) is 5.11. The number of fused-ring (bicyclic) bond motifs is 1. The van der Waals surface area contributed by atoms with Gasteiger partial charge in [0.05, 0.1) is 0 Å².